The molecule has 9 heteroatoms. The summed E-state index contributed by atoms with van der Waals surface area (Å²) in [6.07, 6.45) is -2.71. The predicted octanol–water partition coefficient (Wildman–Crippen LogP) is 5.96. The number of nitriles is 1. The molecule has 0 saturated carbocycles. The van der Waals surface area contributed by atoms with Gasteiger partial charge in [0.15, 0.2) is 0 Å². The molecule has 0 unspecified atom stereocenters. The van der Waals surface area contributed by atoms with E-state index in [1.165, 1.54) is 24.4 Å². The van der Waals surface area contributed by atoms with Crippen molar-refractivity contribution < 1.29 is 22.3 Å². The molecule has 32 heavy (non-hydrogen) atoms. The number of hydrogen-bond acceptors (Lipinski definition) is 4. The van der Waals surface area contributed by atoms with Gasteiger partial charge in [-0.1, -0.05) is 12.1 Å². The molecule has 0 saturated heterocycles. The summed E-state index contributed by atoms with van der Waals surface area (Å²) in [5.74, 6) is 0.401. The Labute approximate surface area is 180 Å². The lowest BCUT2D eigenvalue weighted by molar-refractivity contribution is -0.137. The van der Waals surface area contributed by atoms with E-state index < -0.39 is 11.7 Å². The second-order valence-corrected chi connectivity index (χ2v) is 7.00. The maximum Gasteiger partial charge on any atom is 0.416 e. The first-order chi connectivity index (χ1) is 15.3. The molecule has 2 aromatic heterocycles. The normalized spacial score (nSPS) is 11.3. The van der Waals surface area contributed by atoms with E-state index in [0.717, 1.165) is 12.1 Å². The van der Waals surface area contributed by atoms with E-state index in [-0.39, 0.29) is 18.1 Å². The lowest BCUT2D eigenvalue weighted by atomic mass is 10.1. The van der Waals surface area contributed by atoms with Gasteiger partial charge in [0.1, 0.15) is 29.1 Å². The lowest BCUT2D eigenvalue weighted by Gasteiger charge is -2.11. The highest BCUT2D eigenvalue weighted by Crippen LogP contribution is 2.29. The molecule has 0 fully saturated rings. The number of H-pyrrole nitrogens is 1. The van der Waals surface area contributed by atoms with Gasteiger partial charge in [0.05, 0.1) is 17.7 Å². The third-order valence-corrected chi connectivity index (χ3v) is 4.76. The molecule has 0 radical (unpaired) electrons. The Morgan fingerprint density at radius 3 is 2.56 bits per heavy atom. The van der Waals surface area contributed by atoms with Crippen molar-refractivity contribution in [3.63, 3.8) is 0 Å². The van der Waals surface area contributed by atoms with Gasteiger partial charge in [0.2, 0.25) is 0 Å². The second kappa shape index (κ2) is 8.59. The van der Waals surface area contributed by atoms with E-state index in [1.54, 1.807) is 24.3 Å². The summed E-state index contributed by atoms with van der Waals surface area (Å²) >= 11 is 0. The molecule has 0 atom stereocenters. The third kappa shape index (κ3) is 4.81. The maximum absolute atomic E-state index is 13.6. The van der Waals surface area contributed by atoms with Gasteiger partial charge in [-0.05, 0) is 35.9 Å². The largest absolute Gasteiger partial charge is 0.493 e. The number of rotatable bonds is 6. The number of aromatic amines is 1. The lowest BCUT2D eigenvalue weighted by Crippen LogP contribution is -2.06. The average molecular weight is 440 g/mol. The van der Waals surface area contributed by atoms with Crippen molar-refractivity contribution in [1.29, 1.82) is 5.26 Å². The topological polar surface area (TPSA) is 73.7 Å². The Balaban J connectivity index is 1.44. The van der Waals surface area contributed by atoms with Crippen molar-refractivity contribution in [1.82, 2.24) is 9.97 Å². The highest BCUT2D eigenvalue weighted by Gasteiger charge is 2.29. The minimum Gasteiger partial charge on any atom is -0.493 e. The van der Waals surface area contributed by atoms with Crippen LogP contribution in [0.15, 0.2) is 60.8 Å². The van der Waals surface area contributed by atoms with Crippen molar-refractivity contribution in [3.8, 4) is 11.8 Å². The molecule has 0 amide bonds. The van der Waals surface area contributed by atoms with Gasteiger partial charge in [-0.25, -0.2) is 9.37 Å². The molecule has 0 spiro atoms. The zero-order valence-electron chi connectivity index (χ0n) is 16.5. The minimum atomic E-state index is -4.37. The van der Waals surface area contributed by atoms with Crippen LogP contribution in [0.5, 0.6) is 5.75 Å². The number of halogens is 4. The van der Waals surface area contributed by atoms with Gasteiger partial charge in [0, 0.05) is 35.8 Å². The third-order valence-electron chi connectivity index (χ3n) is 4.76. The zero-order valence-corrected chi connectivity index (χ0v) is 16.5. The molecule has 0 aliphatic carbocycles. The van der Waals surface area contributed by atoms with Crippen molar-refractivity contribution in [2.45, 2.75) is 12.6 Å². The van der Waals surface area contributed by atoms with Crippen molar-refractivity contribution in [2.75, 3.05) is 11.9 Å². The molecule has 4 rings (SSSR count). The van der Waals surface area contributed by atoms with Gasteiger partial charge in [-0.2, -0.15) is 18.4 Å². The Morgan fingerprint density at radius 1 is 1.06 bits per heavy atom. The Kier molecular flexibility index (Phi) is 5.69. The number of anilines is 2. The number of nitrogens with zero attached hydrogens (tertiary/aromatic N) is 2. The highest BCUT2D eigenvalue weighted by atomic mass is 19.4. The number of ether oxygens (including phenoxy) is 1. The van der Waals surface area contributed by atoms with Gasteiger partial charge in [0.25, 0.3) is 0 Å². The van der Waals surface area contributed by atoms with Crippen LogP contribution in [0, 0.1) is 17.1 Å². The van der Waals surface area contributed by atoms with Gasteiger partial charge >= 0.3 is 6.18 Å². The molecular weight excluding hydrogens is 424 g/mol. The number of pyridine rings is 1. The summed E-state index contributed by atoms with van der Waals surface area (Å²) < 4.78 is 57.3. The Morgan fingerprint density at radius 2 is 1.84 bits per heavy atom. The second-order valence-electron chi connectivity index (χ2n) is 7.00. The van der Waals surface area contributed by atoms with Crippen LogP contribution in [0.2, 0.25) is 0 Å². The fourth-order valence-electron chi connectivity index (χ4n) is 3.17. The molecule has 4 aromatic rings. The van der Waals surface area contributed by atoms with E-state index in [9.17, 15) is 22.8 Å². The first kappa shape index (κ1) is 21.2. The van der Waals surface area contributed by atoms with E-state index in [1.807, 2.05) is 6.07 Å². The molecular formula is C23H16F4N4O. The molecule has 0 bridgehead atoms. The van der Waals surface area contributed by atoms with Crippen molar-refractivity contribution >= 4 is 22.4 Å². The van der Waals surface area contributed by atoms with E-state index >= 15 is 0 Å². The van der Waals surface area contributed by atoms with Crippen LogP contribution in [0.3, 0.4) is 0 Å². The van der Waals surface area contributed by atoms with Crippen LogP contribution >= 0.6 is 0 Å². The number of aromatic nitrogens is 2. The average Bonchev–Trinajstić information content (AvgIpc) is 3.13. The number of hydrogen-bond donors (Lipinski definition) is 2. The molecule has 162 valence electrons. The first-order valence-electron chi connectivity index (χ1n) is 9.56. The van der Waals surface area contributed by atoms with Crippen LogP contribution in [-0.4, -0.2) is 16.6 Å². The van der Waals surface area contributed by atoms with E-state index in [4.69, 9.17) is 4.74 Å². The maximum atomic E-state index is 13.6. The minimum absolute atomic E-state index is 0.131. The van der Waals surface area contributed by atoms with Crippen LogP contribution in [0.4, 0.5) is 29.1 Å². The van der Waals surface area contributed by atoms with Crippen LogP contribution in [-0.2, 0) is 12.6 Å². The Bertz CT molecular complexity index is 1290. The SMILES string of the molecule is N#Cc1cc(OCCc2ccc(C(F)(F)F)cc2)cc(Nc2ccc3c(F)c[nH]c3c2)n1. The van der Waals surface area contributed by atoms with Gasteiger partial charge < -0.3 is 15.0 Å². The molecule has 2 aromatic carbocycles. The van der Waals surface area contributed by atoms with Crippen LogP contribution in [0.25, 0.3) is 10.9 Å². The molecule has 2 heterocycles. The van der Waals surface area contributed by atoms with Gasteiger partial charge in [-0.3, -0.25) is 0 Å². The number of benzene rings is 2. The predicted molar refractivity (Wildman–Crippen MR) is 111 cm³/mol. The molecule has 2 N–H and O–H groups in total. The smallest absolute Gasteiger partial charge is 0.416 e. The van der Waals surface area contributed by atoms with Crippen LogP contribution < -0.4 is 10.1 Å². The molecule has 0 aliphatic rings. The van der Waals surface area contributed by atoms with Crippen molar-refractivity contribution in [2.24, 2.45) is 0 Å². The highest BCUT2D eigenvalue weighted by molar-refractivity contribution is 5.84. The Hall–Kier alpha value is -4.06. The van der Waals surface area contributed by atoms with Gasteiger partial charge in [-0.15, -0.1) is 0 Å². The zero-order chi connectivity index (χ0) is 22.7. The van der Waals surface area contributed by atoms with Crippen molar-refractivity contribution in [3.05, 3.63) is 83.4 Å². The van der Waals surface area contributed by atoms with E-state index in [0.29, 0.717) is 40.1 Å². The summed E-state index contributed by atoms with van der Waals surface area (Å²) in [6, 6.07) is 14.9. The number of fused-ring (bicyclic) bond motifs is 1. The first-order valence-corrected chi connectivity index (χ1v) is 9.56. The number of nitrogens with one attached hydrogen (secondary N) is 2. The number of alkyl halides is 3. The fraction of sp³-hybridized carbons (Fsp3) is 0.130. The van der Waals surface area contributed by atoms with Crippen LogP contribution in [0.1, 0.15) is 16.8 Å². The summed E-state index contributed by atoms with van der Waals surface area (Å²) in [7, 11) is 0. The van der Waals surface area contributed by atoms with E-state index in [2.05, 4.69) is 15.3 Å². The fourth-order valence-corrected chi connectivity index (χ4v) is 3.17. The quantitative estimate of drug-likeness (QED) is 0.363. The summed E-state index contributed by atoms with van der Waals surface area (Å²) in [4.78, 5) is 7.02. The summed E-state index contributed by atoms with van der Waals surface area (Å²) in [5, 5.41) is 12.8. The molecule has 0 aliphatic heterocycles. The standard InChI is InChI=1S/C23H16F4N4O/c24-20-13-29-21-10-16(5-6-19(20)21)30-22-11-18(9-17(12-28)31-22)32-8-7-14-1-3-15(4-2-14)23(25,26)27/h1-6,9-11,13,29H,7-8H2,(H,30,31). The summed E-state index contributed by atoms with van der Waals surface area (Å²) in [5.41, 5.74) is 1.37. The molecule has 5 nitrogen and oxygen atoms in total. The monoisotopic (exact) mass is 440 g/mol. The summed E-state index contributed by atoms with van der Waals surface area (Å²) in [6.45, 7) is 0.202.